The van der Waals surface area contributed by atoms with E-state index in [9.17, 15) is 13.2 Å². The van der Waals surface area contributed by atoms with Crippen molar-refractivity contribution in [3.05, 3.63) is 53.6 Å². The number of piperidine rings is 1. The molecule has 0 aliphatic carbocycles. The van der Waals surface area contributed by atoms with Crippen LogP contribution >= 0.6 is 0 Å². The topological polar surface area (TPSA) is 153 Å². The second-order valence-electron chi connectivity index (χ2n) is 9.90. The van der Waals surface area contributed by atoms with E-state index in [1.54, 1.807) is 36.1 Å². The van der Waals surface area contributed by atoms with E-state index in [-0.39, 0.29) is 23.6 Å². The lowest BCUT2D eigenvalue weighted by molar-refractivity contribution is -0.141. The molecule has 0 aromatic heterocycles. The number of ether oxygens (including phenoxy) is 2. The third-order valence-corrected chi connectivity index (χ3v) is 9.07. The van der Waals surface area contributed by atoms with Crippen molar-refractivity contribution in [2.75, 3.05) is 37.1 Å². The third-order valence-electron chi connectivity index (χ3n) is 7.28. The summed E-state index contributed by atoms with van der Waals surface area (Å²) in [5.41, 5.74) is 7.92. The molecule has 216 valence electrons. The molecule has 4 N–H and O–H groups in total. The molecule has 2 aliphatic rings. The van der Waals surface area contributed by atoms with E-state index >= 15 is 0 Å². The molecule has 0 bridgehead atoms. The SMILES string of the molecule is CCOC(=O)CN(c1ccc2c(c1)CN(C(=N)N)CC2)S(=O)(=O)c1ccc(OC2CCN(C(=N)CC)CC2)cc1. The first kappa shape index (κ1) is 29.2. The molecule has 0 amide bonds. The Hall–Kier alpha value is -3.80. The minimum absolute atomic E-state index is 0.00580. The quantitative estimate of drug-likeness (QED) is 0.236. The number of nitrogens with two attached hydrogens (primary N) is 1. The van der Waals surface area contributed by atoms with Gasteiger partial charge in [-0.05, 0) is 60.9 Å². The Balaban J connectivity index is 1.54. The van der Waals surface area contributed by atoms with Gasteiger partial charge in [0.2, 0.25) is 0 Å². The van der Waals surface area contributed by atoms with Gasteiger partial charge in [-0.15, -0.1) is 0 Å². The van der Waals surface area contributed by atoms with Gasteiger partial charge in [0, 0.05) is 45.4 Å². The third kappa shape index (κ3) is 6.67. The number of nitrogens with zero attached hydrogens (tertiary/aromatic N) is 3. The average Bonchev–Trinajstić information content (AvgIpc) is 2.95. The van der Waals surface area contributed by atoms with Gasteiger partial charge in [-0.25, -0.2) is 8.42 Å². The number of sulfonamides is 1. The smallest absolute Gasteiger partial charge is 0.326 e. The number of rotatable bonds is 9. The monoisotopic (exact) mass is 570 g/mol. The fraction of sp³-hybridized carbons (Fsp3) is 0.464. The Kier molecular flexibility index (Phi) is 9.18. The van der Waals surface area contributed by atoms with E-state index in [2.05, 4.69) is 4.90 Å². The Labute approximate surface area is 235 Å². The van der Waals surface area contributed by atoms with Crippen LogP contribution in [0.4, 0.5) is 5.69 Å². The van der Waals surface area contributed by atoms with E-state index in [1.165, 1.54) is 12.1 Å². The summed E-state index contributed by atoms with van der Waals surface area (Å²) in [6, 6.07) is 11.5. The van der Waals surface area contributed by atoms with Crippen LogP contribution in [-0.2, 0) is 32.5 Å². The van der Waals surface area contributed by atoms with Crippen molar-refractivity contribution in [1.82, 2.24) is 9.80 Å². The normalized spacial score (nSPS) is 15.8. The molecule has 0 spiro atoms. The van der Waals surface area contributed by atoms with Crippen LogP contribution in [0.25, 0.3) is 0 Å². The van der Waals surface area contributed by atoms with Crippen LogP contribution in [0, 0.1) is 10.8 Å². The average molecular weight is 571 g/mol. The van der Waals surface area contributed by atoms with Gasteiger partial charge in [0.25, 0.3) is 10.0 Å². The molecule has 2 aromatic carbocycles. The molecule has 12 heteroatoms. The van der Waals surface area contributed by atoms with Crippen molar-refractivity contribution >= 4 is 33.5 Å². The minimum atomic E-state index is -4.13. The van der Waals surface area contributed by atoms with E-state index in [0.717, 1.165) is 41.4 Å². The summed E-state index contributed by atoms with van der Waals surface area (Å²) in [6.45, 7) is 5.82. The molecule has 2 aliphatic heterocycles. The highest BCUT2D eigenvalue weighted by molar-refractivity contribution is 7.92. The Morgan fingerprint density at radius 3 is 2.35 bits per heavy atom. The van der Waals surface area contributed by atoms with Gasteiger partial charge in [-0.2, -0.15) is 0 Å². The number of amidine groups is 1. The van der Waals surface area contributed by atoms with Crippen LogP contribution in [0.1, 0.15) is 44.2 Å². The lowest BCUT2D eigenvalue weighted by atomic mass is 9.99. The number of esters is 1. The molecule has 2 aromatic rings. The fourth-order valence-electron chi connectivity index (χ4n) is 5.02. The van der Waals surface area contributed by atoms with Gasteiger partial charge >= 0.3 is 5.97 Å². The minimum Gasteiger partial charge on any atom is -0.490 e. The molecule has 0 atom stereocenters. The zero-order chi connectivity index (χ0) is 28.9. The maximum atomic E-state index is 13.8. The number of anilines is 1. The number of likely N-dealkylation sites (tertiary alicyclic amines) is 1. The number of nitrogens with one attached hydrogen (secondary N) is 2. The van der Waals surface area contributed by atoms with Crippen LogP contribution in [0.2, 0.25) is 0 Å². The molecule has 0 saturated carbocycles. The number of hydrogen-bond acceptors (Lipinski definition) is 7. The Morgan fingerprint density at radius 2 is 1.73 bits per heavy atom. The largest absolute Gasteiger partial charge is 0.490 e. The summed E-state index contributed by atoms with van der Waals surface area (Å²) in [5, 5.41) is 15.8. The van der Waals surface area contributed by atoms with Crippen molar-refractivity contribution in [1.29, 1.82) is 10.8 Å². The summed E-state index contributed by atoms with van der Waals surface area (Å²) in [4.78, 5) is 16.3. The number of carbonyl (C=O) groups excluding carboxylic acids is 1. The predicted octanol–water partition coefficient (Wildman–Crippen LogP) is 2.93. The number of hydrogen-bond donors (Lipinski definition) is 3. The molecule has 0 radical (unpaired) electrons. The second kappa shape index (κ2) is 12.6. The molecule has 0 unspecified atom stereocenters. The highest BCUT2D eigenvalue weighted by atomic mass is 32.2. The van der Waals surface area contributed by atoms with Crippen molar-refractivity contribution < 1.29 is 22.7 Å². The highest BCUT2D eigenvalue weighted by Crippen LogP contribution is 2.30. The summed E-state index contributed by atoms with van der Waals surface area (Å²) < 4.78 is 39.9. The molecule has 11 nitrogen and oxygen atoms in total. The van der Waals surface area contributed by atoms with Crippen molar-refractivity contribution in [3.8, 4) is 5.75 Å². The number of carbonyl (C=O) groups is 1. The van der Waals surface area contributed by atoms with Gasteiger partial charge in [0.15, 0.2) is 5.96 Å². The lowest BCUT2D eigenvalue weighted by Gasteiger charge is -2.33. The molecule has 1 saturated heterocycles. The van der Waals surface area contributed by atoms with E-state index in [4.69, 9.17) is 26.0 Å². The van der Waals surface area contributed by atoms with Crippen LogP contribution in [-0.4, -0.2) is 74.9 Å². The van der Waals surface area contributed by atoms with Gasteiger partial charge in [0.1, 0.15) is 18.4 Å². The summed E-state index contributed by atoms with van der Waals surface area (Å²) in [7, 11) is -4.13. The van der Waals surface area contributed by atoms with Crippen molar-refractivity contribution in [3.63, 3.8) is 0 Å². The van der Waals surface area contributed by atoms with E-state index < -0.39 is 22.5 Å². The number of guanidine groups is 1. The van der Waals surface area contributed by atoms with Crippen LogP contribution in [0.15, 0.2) is 47.4 Å². The fourth-order valence-corrected chi connectivity index (χ4v) is 6.42. The van der Waals surface area contributed by atoms with Gasteiger partial charge in [-0.1, -0.05) is 13.0 Å². The molecule has 2 heterocycles. The summed E-state index contributed by atoms with van der Waals surface area (Å²) in [6.07, 6.45) is 2.96. The number of benzene rings is 2. The Morgan fingerprint density at radius 1 is 1.02 bits per heavy atom. The molecular weight excluding hydrogens is 532 g/mol. The van der Waals surface area contributed by atoms with Crippen LogP contribution in [0.5, 0.6) is 5.75 Å². The van der Waals surface area contributed by atoms with Crippen LogP contribution in [0.3, 0.4) is 0 Å². The zero-order valence-electron chi connectivity index (χ0n) is 23.1. The summed E-state index contributed by atoms with van der Waals surface area (Å²) >= 11 is 0. The van der Waals surface area contributed by atoms with Crippen molar-refractivity contribution in [2.45, 2.75) is 57.1 Å². The van der Waals surface area contributed by atoms with Crippen molar-refractivity contribution in [2.24, 2.45) is 5.73 Å². The first-order chi connectivity index (χ1) is 19.1. The highest BCUT2D eigenvalue weighted by Gasteiger charge is 2.29. The number of fused-ring (bicyclic) bond motifs is 1. The Bertz CT molecular complexity index is 1340. The molecule has 1 fully saturated rings. The van der Waals surface area contributed by atoms with Gasteiger partial charge < -0.3 is 25.0 Å². The van der Waals surface area contributed by atoms with Crippen LogP contribution < -0.4 is 14.8 Å². The molecular formula is C28H38N6O5S. The lowest BCUT2D eigenvalue weighted by Crippen LogP contribution is -2.41. The molecule has 40 heavy (non-hydrogen) atoms. The first-order valence-corrected chi connectivity index (χ1v) is 15.0. The second-order valence-corrected chi connectivity index (χ2v) is 11.8. The first-order valence-electron chi connectivity index (χ1n) is 13.6. The maximum absolute atomic E-state index is 13.8. The van der Waals surface area contributed by atoms with E-state index in [0.29, 0.717) is 43.2 Å². The standard InChI is InChI=1S/C28H38N6O5S/c1-3-26(29)32-15-12-24(13-16-32)39-23-7-9-25(10-8-23)40(36,37)34(19-27(35)38-4-2)22-6-5-20-11-14-33(28(30)31)18-21(20)17-22/h5-10,17,24,29H,3-4,11-16,18-19H2,1-2H3,(H3,30,31). The maximum Gasteiger partial charge on any atom is 0.326 e. The molecule has 4 rings (SSSR count). The van der Waals surface area contributed by atoms with Gasteiger partial charge in [0.05, 0.1) is 23.0 Å². The van der Waals surface area contributed by atoms with Gasteiger partial charge in [-0.3, -0.25) is 19.9 Å². The van der Waals surface area contributed by atoms with E-state index in [1.807, 2.05) is 13.0 Å². The summed E-state index contributed by atoms with van der Waals surface area (Å²) in [5.74, 6) is 0.505. The predicted molar refractivity (Wildman–Crippen MR) is 153 cm³/mol. The zero-order valence-corrected chi connectivity index (χ0v) is 23.9.